The molecule has 2 heterocycles. The molecule has 0 aromatic carbocycles. The maximum Gasteiger partial charge on any atom is 0.404 e. The number of carboxylic acid groups (broad SMARTS) is 1. The van der Waals surface area contributed by atoms with Gasteiger partial charge in [-0.3, -0.25) is 4.68 Å². The van der Waals surface area contributed by atoms with Gasteiger partial charge in [-0.25, -0.2) is 13.2 Å². The fraction of sp³-hybridized carbons (Fsp3) is 0.727. The number of hydrogen-bond donors (Lipinski definition) is 2. The van der Waals surface area contributed by atoms with Crippen molar-refractivity contribution in [2.75, 3.05) is 27.3 Å². The van der Waals surface area contributed by atoms with Crippen LogP contribution in [0.1, 0.15) is 0 Å². The molecular weight excluding hydrogens is 330 g/mol. The summed E-state index contributed by atoms with van der Waals surface area (Å²) in [7, 11) is 0.498. The van der Waals surface area contributed by atoms with Gasteiger partial charge in [0.2, 0.25) is 5.03 Å². The van der Waals surface area contributed by atoms with Gasteiger partial charge in [0.25, 0.3) is 10.0 Å². The molecule has 0 saturated carbocycles. The van der Waals surface area contributed by atoms with Crippen LogP contribution in [0.4, 0.5) is 4.79 Å². The number of aromatic nitrogens is 3. The van der Waals surface area contributed by atoms with Crippen molar-refractivity contribution in [3.05, 3.63) is 6.20 Å². The fourth-order valence-electron chi connectivity index (χ4n) is 2.60. The number of aryl methyl sites for hydroxylation is 1. The van der Waals surface area contributed by atoms with Gasteiger partial charge in [0, 0.05) is 40.3 Å². The van der Waals surface area contributed by atoms with Gasteiger partial charge in [-0.15, -0.1) is 5.10 Å². The van der Waals surface area contributed by atoms with Crippen molar-refractivity contribution < 1.29 is 27.8 Å². The van der Waals surface area contributed by atoms with Gasteiger partial charge >= 0.3 is 6.09 Å². The van der Waals surface area contributed by atoms with Crippen molar-refractivity contribution in [1.82, 2.24) is 24.6 Å². The summed E-state index contributed by atoms with van der Waals surface area (Å²) in [6, 6.07) is -0.663. The maximum atomic E-state index is 12.6. The normalized spacial score (nSPS) is 22.6. The number of nitrogens with zero attached hydrogens (tertiary/aromatic N) is 4. The highest BCUT2D eigenvalue weighted by Gasteiger charge is 2.44. The van der Waals surface area contributed by atoms with Gasteiger partial charge in [0.1, 0.15) is 0 Å². The zero-order valence-corrected chi connectivity index (χ0v) is 13.7. The van der Waals surface area contributed by atoms with Gasteiger partial charge in [-0.05, 0) is 0 Å². The van der Waals surface area contributed by atoms with Crippen LogP contribution in [0.5, 0.6) is 0 Å². The molecule has 1 aliphatic rings. The molecule has 1 aromatic rings. The van der Waals surface area contributed by atoms with E-state index in [2.05, 4.69) is 15.6 Å². The fourth-order valence-corrected chi connectivity index (χ4v) is 4.01. The van der Waals surface area contributed by atoms with Crippen LogP contribution in [0.3, 0.4) is 0 Å². The smallest absolute Gasteiger partial charge is 0.404 e. The molecule has 12 heteroatoms. The molecule has 0 spiro atoms. The standard InChI is InChI=1S/C11H19N5O6S/c1-15-6-9(13-14-15)23(19,20)16-4-7(10(21-2)22-3)8(5-16)12-11(17)18/h6-8,10,12H,4-5H2,1-3H3,(H,17,18)/t7-,8+/m1/s1. The Labute approximate surface area is 133 Å². The lowest BCUT2D eigenvalue weighted by Gasteiger charge is -2.25. The van der Waals surface area contributed by atoms with Crippen molar-refractivity contribution in [2.45, 2.75) is 17.4 Å². The summed E-state index contributed by atoms with van der Waals surface area (Å²) < 4.78 is 37.9. The van der Waals surface area contributed by atoms with Gasteiger partial charge in [-0.2, -0.15) is 4.31 Å². The molecule has 23 heavy (non-hydrogen) atoms. The van der Waals surface area contributed by atoms with Crippen molar-refractivity contribution >= 4 is 16.1 Å². The first-order valence-corrected chi connectivity index (χ1v) is 8.15. The van der Waals surface area contributed by atoms with E-state index in [0.717, 1.165) is 4.31 Å². The highest BCUT2D eigenvalue weighted by Crippen LogP contribution is 2.27. The second-order valence-corrected chi connectivity index (χ2v) is 7.00. The number of sulfonamides is 1. The molecule has 130 valence electrons. The van der Waals surface area contributed by atoms with Crippen LogP contribution in [0.2, 0.25) is 0 Å². The molecule has 2 N–H and O–H groups in total. The summed E-state index contributed by atoms with van der Waals surface area (Å²) in [4.78, 5) is 10.9. The summed E-state index contributed by atoms with van der Waals surface area (Å²) in [5, 5.41) is 18.3. The summed E-state index contributed by atoms with van der Waals surface area (Å²) in [5.74, 6) is -0.493. The van der Waals surface area contributed by atoms with E-state index in [1.807, 2.05) is 0 Å². The molecule has 1 saturated heterocycles. The van der Waals surface area contributed by atoms with E-state index >= 15 is 0 Å². The Morgan fingerprint density at radius 3 is 2.57 bits per heavy atom. The largest absolute Gasteiger partial charge is 0.465 e. The predicted octanol–water partition coefficient (Wildman–Crippen LogP) is -1.31. The molecule has 0 unspecified atom stereocenters. The summed E-state index contributed by atoms with van der Waals surface area (Å²) >= 11 is 0. The van der Waals surface area contributed by atoms with Crippen molar-refractivity contribution in [3.8, 4) is 0 Å². The van der Waals surface area contributed by atoms with Crippen LogP contribution >= 0.6 is 0 Å². The Hall–Kier alpha value is -1.76. The van der Waals surface area contributed by atoms with Crippen LogP contribution in [0.15, 0.2) is 11.2 Å². The quantitative estimate of drug-likeness (QED) is 0.604. The van der Waals surface area contributed by atoms with E-state index in [1.54, 1.807) is 7.05 Å². The van der Waals surface area contributed by atoms with Crippen LogP contribution in [0, 0.1) is 5.92 Å². The summed E-state index contributed by atoms with van der Waals surface area (Å²) in [6.45, 7) is -0.00467. The number of nitrogens with one attached hydrogen (secondary N) is 1. The van der Waals surface area contributed by atoms with Gasteiger partial charge in [0.05, 0.1) is 12.2 Å². The first-order valence-electron chi connectivity index (χ1n) is 6.71. The van der Waals surface area contributed by atoms with Crippen molar-refractivity contribution in [1.29, 1.82) is 0 Å². The molecule has 0 aliphatic carbocycles. The van der Waals surface area contributed by atoms with Crippen LogP contribution < -0.4 is 5.32 Å². The molecule has 1 fully saturated rings. The lowest BCUT2D eigenvalue weighted by molar-refractivity contribution is -0.137. The summed E-state index contributed by atoms with van der Waals surface area (Å²) in [5.41, 5.74) is 0. The number of rotatable bonds is 6. The third-order valence-electron chi connectivity index (χ3n) is 3.64. The van der Waals surface area contributed by atoms with Crippen molar-refractivity contribution in [3.63, 3.8) is 0 Å². The van der Waals surface area contributed by atoms with Crippen LogP contribution in [0.25, 0.3) is 0 Å². The molecule has 11 nitrogen and oxygen atoms in total. The van der Waals surface area contributed by atoms with Crippen molar-refractivity contribution in [2.24, 2.45) is 13.0 Å². The molecule has 1 aromatic heterocycles. The number of hydrogen-bond acceptors (Lipinski definition) is 7. The Morgan fingerprint density at radius 1 is 1.43 bits per heavy atom. The van der Waals surface area contributed by atoms with Gasteiger partial charge in [-0.1, -0.05) is 5.21 Å². The number of methoxy groups -OCH3 is 2. The molecule has 2 atom stereocenters. The zero-order chi connectivity index (χ0) is 17.2. The monoisotopic (exact) mass is 349 g/mol. The minimum atomic E-state index is -3.87. The van der Waals surface area contributed by atoms with E-state index in [1.165, 1.54) is 25.1 Å². The van der Waals surface area contributed by atoms with E-state index < -0.39 is 34.4 Å². The van der Waals surface area contributed by atoms with Gasteiger partial charge < -0.3 is 19.9 Å². The number of carbonyl (C=O) groups is 1. The first-order chi connectivity index (χ1) is 10.8. The Morgan fingerprint density at radius 2 is 2.09 bits per heavy atom. The average molecular weight is 349 g/mol. The van der Waals surface area contributed by atoms with E-state index in [9.17, 15) is 13.2 Å². The molecule has 2 rings (SSSR count). The predicted molar refractivity (Wildman–Crippen MR) is 76.0 cm³/mol. The summed E-state index contributed by atoms with van der Waals surface area (Å²) in [6.07, 6.45) is -0.703. The average Bonchev–Trinajstić information content (AvgIpc) is 3.08. The third kappa shape index (κ3) is 3.60. The Kier molecular flexibility index (Phi) is 5.19. The van der Waals surface area contributed by atoms with Crippen LogP contribution in [-0.2, 0) is 26.5 Å². The Bertz CT molecular complexity index is 658. The second-order valence-electron chi connectivity index (χ2n) is 5.11. The SMILES string of the molecule is COC(OC)[C@@H]1CN(S(=O)(=O)c2cn(C)nn2)C[C@@H]1NC(=O)O. The van der Waals surface area contributed by atoms with Gasteiger partial charge in [0.15, 0.2) is 6.29 Å². The highest BCUT2D eigenvalue weighted by molar-refractivity contribution is 7.89. The van der Waals surface area contributed by atoms with E-state index in [0.29, 0.717) is 0 Å². The lowest BCUT2D eigenvalue weighted by atomic mass is 10.0. The number of ether oxygens (including phenoxy) is 2. The topological polar surface area (TPSA) is 136 Å². The van der Waals surface area contributed by atoms with Crippen LogP contribution in [-0.4, -0.2) is 78.6 Å². The highest BCUT2D eigenvalue weighted by atomic mass is 32.2. The maximum absolute atomic E-state index is 12.6. The lowest BCUT2D eigenvalue weighted by Crippen LogP contribution is -2.44. The Balaban J connectivity index is 2.26. The minimum absolute atomic E-state index is 0.0379. The van der Waals surface area contributed by atoms with E-state index in [-0.39, 0.29) is 18.1 Å². The number of amides is 1. The van der Waals surface area contributed by atoms with E-state index in [4.69, 9.17) is 14.6 Å². The molecule has 0 bridgehead atoms. The second kappa shape index (κ2) is 6.78. The molecule has 1 amide bonds. The minimum Gasteiger partial charge on any atom is -0.465 e. The molecule has 0 radical (unpaired) electrons. The third-order valence-corrected chi connectivity index (χ3v) is 5.33. The zero-order valence-electron chi connectivity index (χ0n) is 12.9. The first kappa shape index (κ1) is 17.6. The molecular formula is C11H19N5O6S. The molecule has 1 aliphatic heterocycles.